The van der Waals surface area contributed by atoms with E-state index in [1.165, 1.54) is 17.2 Å². The summed E-state index contributed by atoms with van der Waals surface area (Å²) in [5.74, 6) is -1.21. The number of aromatic nitrogens is 1. The number of amides is 1. The van der Waals surface area contributed by atoms with E-state index < -0.39 is 23.9 Å². The molecule has 2 heterocycles. The Bertz CT molecular complexity index is 1080. The number of aliphatic hydroxyl groups excluding tert-OH is 1. The summed E-state index contributed by atoms with van der Waals surface area (Å²) in [5.41, 5.74) is 2.02. The molecule has 0 bridgehead atoms. The van der Waals surface area contributed by atoms with E-state index in [1.54, 1.807) is 48.5 Å². The van der Waals surface area contributed by atoms with Crippen molar-refractivity contribution in [3.8, 4) is 17.2 Å². The number of benzene rings is 2. The molecule has 6 heteroatoms. The van der Waals surface area contributed by atoms with Crippen LogP contribution >= 0.6 is 0 Å². The van der Waals surface area contributed by atoms with E-state index in [2.05, 4.69) is 11.1 Å². The molecule has 1 amide bonds. The Morgan fingerprint density at radius 1 is 1.07 bits per heavy atom. The third kappa shape index (κ3) is 3.16. The highest BCUT2D eigenvalue weighted by atomic mass is 19.1. The number of hydrogen-bond donors (Lipinski definition) is 1. The zero-order chi connectivity index (χ0) is 20.4. The average molecular weight is 387 g/mol. The lowest BCUT2D eigenvalue weighted by Crippen LogP contribution is -2.65. The topological polar surface area (TPSA) is 77.2 Å². The van der Waals surface area contributed by atoms with Gasteiger partial charge in [0.15, 0.2) is 0 Å². The molecule has 0 saturated carbocycles. The predicted molar refractivity (Wildman–Crippen MR) is 105 cm³/mol. The van der Waals surface area contributed by atoms with Crippen LogP contribution in [-0.2, 0) is 0 Å². The third-order valence-electron chi connectivity index (χ3n) is 5.33. The summed E-state index contributed by atoms with van der Waals surface area (Å²) in [7, 11) is 0. The van der Waals surface area contributed by atoms with E-state index in [0.717, 1.165) is 5.56 Å². The Balaban J connectivity index is 1.75. The number of nitrogens with zero attached hydrogens (tertiary/aromatic N) is 3. The summed E-state index contributed by atoms with van der Waals surface area (Å²) >= 11 is 0. The van der Waals surface area contributed by atoms with E-state index in [-0.39, 0.29) is 18.1 Å². The van der Waals surface area contributed by atoms with Gasteiger partial charge in [0.25, 0.3) is 5.91 Å². The van der Waals surface area contributed by atoms with Gasteiger partial charge in [0.05, 0.1) is 18.7 Å². The number of likely N-dealkylation sites (tertiary alicyclic amines) is 1. The molecule has 3 aromatic rings. The number of aliphatic hydroxyl groups is 1. The summed E-state index contributed by atoms with van der Waals surface area (Å²) in [6, 6.07) is 19.4. The second kappa shape index (κ2) is 7.82. The van der Waals surface area contributed by atoms with Crippen molar-refractivity contribution >= 4 is 5.91 Å². The van der Waals surface area contributed by atoms with Crippen LogP contribution in [0, 0.1) is 17.1 Å². The van der Waals surface area contributed by atoms with E-state index in [0.29, 0.717) is 11.1 Å². The number of carbonyl (C=O) groups is 1. The molecular formula is C23H18FN3O2. The highest BCUT2D eigenvalue weighted by Crippen LogP contribution is 2.44. The SMILES string of the molecule is N#C[C@H]1[C@@H](c2ccccc2-c2ccccc2F)[C@H](CO)N1C(=O)c1ccccn1. The minimum atomic E-state index is -0.783. The van der Waals surface area contributed by atoms with Gasteiger partial charge in [0.2, 0.25) is 0 Å². The van der Waals surface area contributed by atoms with E-state index >= 15 is 0 Å². The number of rotatable bonds is 4. The zero-order valence-electron chi connectivity index (χ0n) is 15.4. The van der Waals surface area contributed by atoms with Crippen molar-refractivity contribution in [2.45, 2.75) is 18.0 Å². The minimum Gasteiger partial charge on any atom is -0.394 e. The maximum atomic E-state index is 14.4. The lowest BCUT2D eigenvalue weighted by Gasteiger charge is -2.51. The van der Waals surface area contributed by atoms with Crippen LogP contribution in [-0.4, -0.2) is 39.6 Å². The molecule has 5 nitrogen and oxygen atoms in total. The van der Waals surface area contributed by atoms with Crippen LogP contribution in [0.4, 0.5) is 4.39 Å². The number of halogens is 1. The second-order valence-corrected chi connectivity index (χ2v) is 6.84. The highest BCUT2D eigenvalue weighted by Gasteiger charge is 2.52. The van der Waals surface area contributed by atoms with Gasteiger partial charge in [-0.2, -0.15) is 5.26 Å². The van der Waals surface area contributed by atoms with Crippen LogP contribution in [0.15, 0.2) is 72.9 Å². The molecule has 1 fully saturated rings. The second-order valence-electron chi connectivity index (χ2n) is 6.84. The molecule has 1 aliphatic rings. The van der Waals surface area contributed by atoms with Crippen LogP contribution in [0.3, 0.4) is 0 Å². The molecule has 1 aliphatic heterocycles. The largest absolute Gasteiger partial charge is 0.394 e. The maximum absolute atomic E-state index is 14.4. The molecule has 0 spiro atoms. The average Bonchev–Trinajstić information content (AvgIpc) is 2.75. The van der Waals surface area contributed by atoms with E-state index in [4.69, 9.17) is 0 Å². The van der Waals surface area contributed by atoms with Crippen LogP contribution < -0.4 is 0 Å². The van der Waals surface area contributed by atoms with Crippen molar-refractivity contribution < 1.29 is 14.3 Å². The molecule has 1 N–H and O–H groups in total. The van der Waals surface area contributed by atoms with Crippen LogP contribution in [0.2, 0.25) is 0 Å². The van der Waals surface area contributed by atoms with E-state index in [1.807, 2.05) is 12.1 Å². The Hall–Kier alpha value is -3.56. The minimum absolute atomic E-state index is 0.215. The summed E-state index contributed by atoms with van der Waals surface area (Å²) in [4.78, 5) is 18.3. The fourth-order valence-corrected chi connectivity index (χ4v) is 3.99. The standard InChI is InChI=1S/C23H18FN3O2/c24-18-10-4-3-8-16(18)15-7-1-2-9-17(15)22-20(13-25)27(21(22)14-28)23(29)19-11-5-6-12-26-19/h1-12,20-22,28H,14H2/t20-,21-,22+/m0/s1. The molecule has 0 unspecified atom stereocenters. The Morgan fingerprint density at radius 2 is 1.76 bits per heavy atom. The van der Waals surface area contributed by atoms with E-state index in [9.17, 15) is 19.6 Å². The smallest absolute Gasteiger partial charge is 0.273 e. The molecule has 4 rings (SSSR count). The summed E-state index contributed by atoms with van der Waals surface area (Å²) in [6.07, 6.45) is 1.51. The molecule has 0 radical (unpaired) electrons. The highest BCUT2D eigenvalue weighted by molar-refractivity contribution is 5.94. The van der Waals surface area contributed by atoms with Crippen molar-refractivity contribution in [1.82, 2.24) is 9.88 Å². The van der Waals surface area contributed by atoms with Crippen LogP contribution in [0.5, 0.6) is 0 Å². The first-order valence-electron chi connectivity index (χ1n) is 9.25. The Morgan fingerprint density at radius 3 is 2.41 bits per heavy atom. The number of carbonyl (C=O) groups excluding carboxylic acids is 1. The Labute approximate surface area is 167 Å². The van der Waals surface area contributed by atoms with Crippen molar-refractivity contribution in [2.24, 2.45) is 0 Å². The molecule has 1 aromatic heterocycles. The van der Waals surface area contributed by atoms with Gasteiger partial charge in [0.1, 0.15) is 17.6 Å². The number of pyridine rings is 1. The molecule has 1 saturated heterocycles. The monoisotopic (exact) mass is 387 g/mol. The Kier molecular flexibility index (Phi) is 5.07. The number of nitriles is 1. The summed E-state index contributed by atoms with van der Waals surface area (Å²) < 4.78 is 14.4. The van der Waals surface area contributed by atoms with Gasteiger partial charge in [-0.3, -0.25) is 9.78 Å². The quantitative estimate of drug-likeness (QED) is 0.745. The lowest BCUT2D eigenvalue weighted by atomic mass is 9.73. The molecule has 3 atom stereocenters. The van der Waals surface area contributed by atoms with Gasteiger partial charge < -0.3 is 10.0 Å². The number of hydrogen-bond acceptors (Lipinski definition) is 4. The predicted octanol–water partition coefficient (Wildman–Crippen LogP) is 3.38. The fourth-order valence-electron chi connectivity index (χ4n) is 3.99. The first-order valence-corrected chi connectivity index (χ1v) is 9.25. The van der Waals surface area contributed by atoms with Crippen molar-refractivity contribution in [1.29, 1.82) is 5.26 Å². The van der Waals surface area contributed by atoms with Crippen LogP contribution in [0.1, 0.15) is 22.0 Å². The summed E-state index contributed by atoms with van der Waals surface area (Å²) in [5, 5.41) is 19.8. The first-order chi connectivity index (χ1) is 14.2. The van der Waals surface area contributed by atoms with Gasteiger partial charge in [-0.05, 0) is 29.3 Å². The van der Waals surface area contributed by atoms with Gasteiger partial charge in [-0.25, -0.2) is 4.39 Å². The van der Waals surface area contributed by atoms with Crippen molar-refractivity contribution in [2.75, 3.05) is 6.61 Å². The summed E-state index contributed by atoms with van der Waals surface area (Å²) in [6.45, 7) is -0.312. The maximum Gasteiger partial charge on any atom is 0.273 e. The van der Waals surface area contributed by atoms with Gasteiger partial charge in [-0.15, -0.1) is 0 Å². The van der Waals surface area contributed by atoms with Crippen molar-refractivity contribution in [3.05, 3.63) is 90.0 Å². The molecule has 2 aromatic carbocycles. The lowest BCUT2D eigenvalue weighted by molar-refractivity contribution is -0.00616. The molecule has 0 aliphatic carbocycles. The molecular weight excluding hydrogens is 369 g/mol. The van der Waals surface area contributed by atoms with Gasteiger partial charge in [-0.1, -0.05) is 48.5 Å². The van der Waals surface area contributed by atoms with Crippen molar-refractivity contribution in [3.63, 3.8) is 0 Å². The van der Waals surface area contributed by atoms with Gasteiger partial charge >= 0.3 is 0 Å². The van der Waals surface area contributed by atoms with Crippen LogP contribution in [0.25, 0.3) is 11.1 Å². The molecule has 144 valence electrons. The van der Waals surface area contributed by atoms with Gasteiger partial charge in [0, 0.05) is 17.7 Å². The third-order valence-corrected chi connectivity index (χ3v) is 5.33. The normalized spacial score (nSPS) is 20.6. The zero-order valence-corrected chi connectivity index (χ0v) is 15.4. The fraction of sp³-hybridized carbons (Fsp3) is 0.174. The molecule has 29 heavy (non-hydrogen) atoms. The first kappa shape index (κ1) is 18.8.